The fourth-order valence-electron chi connectivity index (χ4n) is 3.85. The molecule has 2 bridgehead atoms. The van der Waals surface area contributed by atoms with Crippen molar-refractivity contribution in [2.24, 2.45) is 17.8 Å². The van der Waals surface area contributed by atoms with E-state index in [9.17, 15) is 4.39 Å². The maximum Gasteiger partial charge on any atom is 0.165 e. The van der Waals surface area contributed by atoms with Crippen LogP contribution in [0.15, 0.2) is 18.2 Å². The molecule has 2 aliphatic carbocycles. The van der Waals surface area contributed by atoms with Gasteiger partial charge in [-0.1, -0.05) is 12.5 Å². The second-order valence-corrected chi connectivity index (χ2v) is 6.45. The molecule has 2 aliphatic rings. The molecule has 0 aliphatic heterocycles. The standard InChI is InChI=1S/C17H24FNO/c1-11(19-2)13-5-6-17(16(18)9-13)20-10-15-8-12-3-4-14(15)7-12/h5-6,9,11-12,14-15,19H,3-4,7-8,10H2,1-2H3. The first kappa shape index (κ1) is 13.9. The Bertz CT molecular complexity index is 476. The van der Waals surface area contributed by atoms with Gasteiger partial charge in [0, 0.05) is 6.04 Å². The van der Waals surface area contributed by atoms with E-state index in [-0.39, 0.29) is 11.9 Å². The van der Waals surface area contributed by atoms with Gasteiger partial charge in [0.1, 0.15) is 0 Å². The molecule has 1 aromatic rings. The second kappa shape index (κ2) is 5.72. The maximum atomic E-state index is 14.1. The fraction of sp³-hybridized carbons (Fsp3) is 0.647. The maximum absolute atomic E-state index is 14.1. The van der Waals surface area contributed by atoms with Gasteiger partial charge in [-0.3, -0.25) is 0 Å². The van der Waals surface area contributed by atoms with Crippen molar-refractivity contribution in [3.8, 4) is 5.75 Å². The van der Waals surface area contributed by atoms with Gasteiger partial charge >= 0.3 is 0 Å². The Morgan fingerprint density at radius 1 is 1.35 bits per heavy atom. The Hall–Kier alpha value is -1.09. The summed E-state index contributed by atoms with van der Waals surface area (Å²) in [5.74, 6) is 2.54. The first-order valence-electron chi connectivity index (χ1n) is 7.77. The van der Waals surface area contributed by atoms with Gasteiger partial charge in [-0.15, -0.1) is 0 Å². The highest BCUT2D eigenvalue weighted by Gasteiger charge is 2.39. The van der Waals surface area contributed by atoms with E-state index in [1.54, 1.807) is 12.1 Å². The zero-order valence-electron chi connectivity index (χ0n) is 12.4. The van der Waals surface area contributed by atoms with Crippen molar-refractivity contribution < 1.29 is 9.13 Å². The lowest BCUT2D eigenvalue weighted by atomic mass is 9.89. The second-order valence-electron chi connectivity index (χ2n) is 6.45. The number of hydrogen-bond acceptors (Lipinski definition) is 2. The SMILES string of the molecule is CNC(C)c1ccc(OCC2CC3CCC2C3)c(F)c1. The van der Waals surface area contributed by atoms with Crippen molar-refractivity contribution in [2.45, 2.75) is 38.6 Å². The summed E-state index contributed by atoms with van der Waals surface area (Å²) >= 11 is 0. The molecule has 0 heterocycles. The zero-order valence-corrected chi connectivity index (χ0v) is 12.4. The van der Waals surface area contributed by atoms with Crippen LogP contribution in [-0.4, -0.2) is 13.7 Å². The van der Waals surface area contributed by atoms with Crippen LogP contribution in [0.4, 0.5) is 4.39 Å². The molecule has 2 saturated carbocycles. The van der Waals surface area contributed by atoms with Crippen molar-refractivity contribution in [3.63, 3.8) is 0 Å². The Morgan fingerprint density at radius 3 is 2.80 bits per heavy atom. The van der Waals surface area contributed by atoms with Gasteiger partial charge in [0.25, 0.3) is 0 Å². The van der Waals surface area contributed by atoms with E-state index < -0.39 is 0 Å². The third kappa shape index (κ3) is 2.69. The summed E-state index contributed by atoms with van der Waals surface area (Å²) in [4.78, 5) is 0. The number of ether oxygens (including phenoxy) is 1. The molecule has 4 unspecified atom stereocenters. The summed E-state index contributed by atoms with van der Waals surface area (Å²) in [6, 6.07) is 5.45. The molecule has 2 nitrogen and oxygen atoms in total. The minimum absolute atomic E-state index is 0.157. The van der Waals surface area contributed by atoms with E-state index in [1.165, 1.54) is 25.7 Å². The Morgan fingerprint density at radius 2 is 2.20 bits per heavy atom. The normalized spacial score (nSPS) is 29.6. The third-order valence-electron chi connectivity index (χ3n) is 5.23. The first-order valence-corrected chi connectivity index (χ1v) is 7.77. The van der Waals surface area contributed by atoms with E-state index in [2.05, 4.69) is 5.32 Å². The van der Waals surface area contributed by atoms with E-state index in [0.29, 0.717) is 18.3 Å². The summed E-state index contributed by atoms with van der Waals surface area (Å²) in [7, 11) is 1.88. The molecule has 1 N–H and O–H groups in total. The molecule has 0 spiro atoms. The highest BCUT2D eigenvalue weighted by atomic mass is 19.1. The Balaban J connectivity index is 1.60. The van der Waals surface area contributed by atoms with Gasteiger partial charge in [-0.2, -0.15) is 0 Å². The predicted molar refractivity (Wildman–Crippen MR) is 78.3 cm³/mol. The minimum Gasteiger partial charge on any atom is -0.490 e. The molecule has 2 fully saturated rings. The monoisotopic (exact) mass is 277 g/mol. The van der Waals surface area contributed by atoms with E-state index in [0.717, 1.165) is 17.4 Å². The lowest BCUT2D eigenvalue weighted by molar-refractivity contribution is 0.189. The smallest absolute Gasteiger partial charge is 0.165 e. The molecule has 0 amide bonds. The van der Waals surface area contributed by atoms with Crippen LogP contribution in [0.1, 0.15) is 44.2 Å². The molecule has 3 rings (SSSR count). The van der Waals surface area contributed by atoms with E-state index in [4.69, 9.17) is 4.74 Å². The van der Waals surface area contributed by atoms with Crippen LogP contribution in [0.5, 0.6) is 5.75 Å². The van der Waals surface area contributed by atoms with Crippen LogP contribution in [0.2, 0.25) is 0 Å². The van der Waals surface area contributed by atoms with Crippen molar-refractivity contribution in [2.75, 3.05) is 13.7 Å². The molecule has 0 saturated heterocycles. The largest absolute Gasteiger partial charge is 0.490 e. The van der Waals surface area contributed by atoms with Gasteiger partial charge in [0.2, 0.25) is 0 Å². The quantitative estimate of drug-likeness (QED) is 0.880. The molecule has 4 atom stereocenters. The first-order chi connectivity index (χ1) is 9.67. The van der Waals surface area contributed by atoms with E-state index >= 15 is 0 Å². The summed E-state index contributed by atoms with van der Waals surface area (Å²) in [5, 5.41) is 3.12. The van der Waals surface area contributed by atoms with Crippen LogP contribution < -0.4 is 10.1 Å². The topological polar surface area (TPSA) is 21.3 Å². The van der Waals surface area contributed by atoms with Crippen LogP contribution in [0.25, 0.3) is 0 Å². The highest BCUT2D eigenvalue weighted by Crippen LogP contribution is 2.48. The Kier molecular flexibility index (Phi) is 3.97. The number of benzene rings is 1. The van der Waals surface area contributed by atoms with Gasteiger partial charge in [0.05, 0.1) is 6.61 Å². The number of hydrogen-bond donors (Lipinski definition) is 1. The molecule has 3 heteroatoms. The average Bonchev–Trinajstić information content (AvgIpc) is 3.07. The van der Waals surface area contributed by atoms with Crippen LogP contribution in [-0.2, 0) is 0 Å². The molecule has 1 aromatic carbocycles. The van der Waals surface area contributed by atoms with Crippen molar-refractivity contribution in [1.29, 1.82) is 0 Å². The lowest BCUT2D eigenvalue weighted by Gasteiger charge is -2.22. The fourth-order valence-corrected chi connectivity index (χ4v) is 3.85. The summed E-state index contributed by atoms with van der Waals surface area (Å²) in [6.07, 6.45) is 5.39. The van der Waals surface area contributed by atoms with E-state index in [1.807, 2.05) is 20.0 Å². The van der Waals surface area contributed by atoms with Crippen LogP contribution in [0, 0.1) is 23.6 Å². The molecule has 20 heavy (non-hydrogen) atoms. The van der Waals surface area contributed by atoms with Gasteiger partial charge < -0.3 is 10.1 Å². The van der Waals surface area contributed by atoms with Crippen molar-refractivity contribution in [1.82, 2.24) is 5.32 Å². The van der Waals surface area contributed by atoms with Gasteiger partial charge in [-0.05, 0) is 68.7 Å². The van der Waals surface area contributed by atoms with Crippen molar-refractivity contribution >= 4 is 0 Å². The Labute approximate surface area is 120 Å². The van der Waals surface area contributed by atoms with Crippen molar-refractivity contribution in [3.05, 3.63) is 29.6 Å². The minimum atomic E-state index is -0.243. The molecule has 0 radical (unpaired) electrons. The van der Waals surface area contributed by atoms with Gasteiger partial charge in [-0.25, -0.2) is 4.39 Å². The van der Waals surface area contributed by atoms with Crippen LogP contribution in [0.3, 0.4) is 0 Å². The number of halogens is 1. The third-order valence-corrected chi connectivity index (χ3v) is 5.23. The molecule has 110 valence electrons. The lowest BCUT2D eigenvalue weighted by Crippen LogP contribution is -2.19. The zero-order chi connectivity index (χ0) is 14.1. The number of rotatable bonds is 5. The average molecular weight is 277 g/mol. The van der Waals surface area contributed by atoms with Crippen LogP contribution >= 0.6 is 0 Å². The summed E-state index contributed by atoms with van der Waals surface area (Å²) in [5.41, 5.74) is 0.956. The number of fused-ring (bicyclic) bond motifs is 2. The molecular weight excluding hydrogens is 253 g/mol. The summed E-state index contributed by atoms with van der Waals surface area (Å²) in [6.45, 7) is 2.70. The predicted octanol–water partition coefficient (Wildman–Crippen LogP) is 3.92. The van der Waals surface area contributed by atoms with Gasteiger partial charge in [0.15, 0.2) is 11.6 Å². The highest BCUT2D eigenvalue weighted by molar-refractivity contribution is 5.30. The molecule has 0 aromatic heterocycles. The summed E-state index contributed by atoms with van der Waals surface area (Å²) < 4.78 is 19.8. The molecular formula is C17H24FNO. The number of nitrogens with one attached hydrogen (secondary N) is 1.